The smallest absolute Gasteiger partial charge is 0.282 e. The minimum absolute atomic E-state index is 0.227. The first-order chi connectivity index (χ1) is 17.6. The summed E-state index contributed by atoms with van der Waals surface area (Å²) in [4.78, 5) is 18.2. The van der Waals surface area contributed by atoms with Gasteiger partial charge in [-0.15, -0.1) is 0 Å². The standard InChI is InChI=1S/C28H26BrClIN3O3/c1-5-36-24-13-18(12-22(31)25(24)37-16-17-6-9-20(30)10-7-17)15-32-34-26(35)21-14-19(29)8-11-23(21)33-27(34)28(2,3)4/h6-15H,5,16H2,1-4H3. The van der Waals surface area contributed by atoms with Gasteiger partial charge in [-0.3, -0.25) is 4.79 Å². The van der Waals surface area contributed by atoms with Gasteiger partial charge in [-0.1, -0.05) is 60.4 Å². The summed E-state index contributed by atoms with van der Waals surface area (Å²) < 4.78 is 15.1. The third-order valence-electron chi connectivity index (χ3n) is 5.43. The number of fused-ring (bicyclic) bond motifs is 1. The third-order valence-corrected chi connectivity index (χ3v) is 6.98. The molecule has 0 saturated carbocycles. The largest absolute Gasteiger partial charge is 0.490 e. The molecule has 0 spiro atoms. The first-order valence-corrected chi connectivity index (χ1v) is 13.9. The van der Waals surface area contributed by atoms with Crippen molar-refractivity contribution in [3.63, 3.8) is 0 Å². The Hall–Kier alpha value is -2.43. The summed E-state index contributed by atoms with van der Waals surface area (Å²) in [6, 6.07) is 16.8. The molecule has 3 aromatic carbocycles. The zero-order valence-corrected chi connectivity index (χ0v) is 25.4. The van der Waals surface area contributed by atoms with E-state index in [1.165, 1.54) is 4.68 Å². The monoisotopic (exact) mass is 693 g/mol. The van der Waals surface area contributed by atoms with Gasteiger partial charge in [-0.2, -0.15) is 9.78 Å². The van der Waals surface area contributed by atoms with Crippen molar-refractivity contribution in [3.8, 4) is 11.5 Å². The quantitative estimate of drug-likeness (QED) is 0.148. The highest BCUT2D eigenvalue weighted by Crippen LogP contribution is 2.34. The van der Waals surface area contributed by atoms with Crippen LogP contribution in [-0.2, 0) is 12.0 Å². The highest BCUT2D eigenvalue weighted by molar-refractivity contribution is 14.1. The van der Waals surface area contributed by atoms with E-state index >= 15 is 0 Å². The third kappa shape index (κ3) is 6.53. The summed E-state index contributed by atoms with van der Waals surface area (Å²) in [5.41, 5.74) is 1.78. The van der Waals surface area contributed by atoms with Crippen LogP contribution in [0.15, 0.2) is 69.0 Å². The number of hydrogen-bond donors (Lipinski definition) is 0. The average molecular weight is 695 g/mol. The van der Waals surface area contributed by atoms with Gasteiger partial charge in [0.2, 0.25) is 0 Å². The van der Waals surface area contributed by atoms with Crippen molar-refractivity contribution in [1.29, 1.82) is 0 Å². The lowest BCUT2D eigenvalue weighted by Gasteiger charge is -2.21. The molecule has 1 aromatic heterocycles. The average Bonchev–Trinajstić information content (AvgIpc) is 2.84. The van der Waals surface area contributed by atoms with E-state index in [9.17, 15) is 4.79 Å². The fourth-order valence-corrected chi connectivity index (χ4v) is 4.94. The number of halogens is 3. The molecular weight excluding hydrogens is 669 g/mol. The summed E-state index contributed by atoms with van der Waals surface area (Å²) in [6.45, 7) is 8.80. The fourth-order valence-electron chi connectivity index (χ4n) is 3.67. The summed E-state index contributed by atoms with van der Waals surface area (Å²) in [6.07, 6.45) is 1.65. The Balaban J connectivity index is 1.72. The zero-order chi connectivity index (χ0) is 26.7. The van der Waals surface area contributed by atoms with Crippen molar-refractivity contribution in [2.45, 2.75) is 39.7 Å². The van der Waals surface area contributed by atoms with Crippen molar-refractivity contribution >= 4 is 67.2 Å². The topological polar surface area (TPSA) is 65.7 Å². The number of ether oxygens (including phenoxy) is 2. The minimum Gasteiger partial charge on any atom is -0.490 e. The van der Waals surface area contributed by atoms with E-state index in [0.29, 0.717) is 46.5 Å². The van der Waals surface area contributed by atoms with Crippen molar-refractivity contribution in [1.82, 2.24) is 9.66 Å². The Morgan fingerprint density at radius 3 is 2.51 bits per heavy atom. The lowest BCUT2D eigenvalue weighted by Crippen LogP contribution is -2.29. The molecule has 0 N–H and O–H groups in total. The molecule has 192 valence electrons. The van der Waals surface area contributed by atoms with Crippen LogP contribution >= 0.6 is 50.1 Å². The highest BCUT2D eigenvalue weighted by atomic mass is 127. The molecule has 0 aliphatic carbocycles. The predicted molar refractivity (Wildman–Crippen MR) is 162 cm³/mol. The van der Waals surface area contributed by atoms with E-state index in [2.05, 4.69) is 43.6 Å². The molecule has 0 radical (unpaired) electrons. The molecule has 4 rings (SSSR count). The van der Waals surface area contributed by atoms with Gasteiger partial charge in [-0.05, 0) is 83.1 Å². The van der Waals surface area contributed by atoms with E-state index in [0.717, 1.165) is 19.2 Å². The van der Waals surface area contributed by atoms with Gasteiger partial charge in [-0.25, -0.2) is 4.98 Å². The van der Waals surface area contributed by atoms with E-state index < -0.39 is 5.41 Å². The second kappa shape index (κ2) is 11.5. The SMILES string of the molecule is CCOc1cc(C=Nn2c(C(C)(C)C)nc3ccc(Br)cc3c2=O)cc(I)c1OCc1ccc(Cl)cc1. The summed E-state index contributed by atoms with van der Waals surface area (Å²) in [5, 5.41) is 5.76. The van der Waals surface area contributed by atoms with Crippen LogP contribution in [0.3, 0.4) is 0 Å². The van der Waals surface area contributed by atoms with E-state index in [-0.39, 0.29) is 5.56 Å². The molecule has 37 heavy (non-hydrogen) atoms. The number of rotatable bonds is 7. The second-order valence-corrected chi connectivity index (χ2v) is 11.9. The van der Waals surface area contributed by atoms with Crippen molar-refractivity contribution in [2.75, 3.05) is 6.61 Å². The molecule has 0 bridgehead atoms. The Morgan fingerprint density at radius 1 is 1.11 bits per heavy atom. The molecule has 0 fully saturated rings. The summed E-state index contributed by atoms with van der Waals surface area (Å²) >= 11 is 11.7. The molecular formula is C28H26BrClIN3O3. The van der Waals surface area contributed by atoms with Gasteiger partial charge in [0.15, 0.2) is 11.5 Å². The maximum Gasteiger partial charge on any atom is 0.282 e. The Morgan fingerprint density at radius 2 is 1.84 bits per heavy atom. The molecule has 0 aliphatic rings. The van der Waals surface area contributed by atoms with Gasteiger partial charge < -0.3 is 9.47 Å². The molecule has 0 unspecified atom stereocenters. The van der Waals surface area contributed by atoms with Crippen LogP contribution in [0.4, 0.5) is 0 Å². The number of hydrogen-bond acceptors (Lipinski definition) is 5. The van der Waals surface area contributed by atoms with Crippen molar-refractivity contribution in [3.05, 3.63) is 95.0 Å². The minimum atomic E-state index is -0.401. The molecule has 0 amide bonds. The molecule has 6 nitrogen and oxygen atoms in total. The lowest BCUT2D eigenvalue weighted by molar-refractivity contribution is 0.267. The molecule has 0 atom stereocenters. The van der Waals surface area contributed by atoms with Gasteiger partial charge in [0.1, 0.15) is 12.4 Å². The second-order valence-electron chi connectivity index (χ2n) is 9.39. The first-order valence-electron chi connectivity index (χ1n) is 11.7. The van der Waals surface area contributed by atoms with Crippen LogP contribution in [-0.4, -0.2) is 22.5 Å². The van der Waals surface area contributed by atoms with Crippen LogP contribution in [0.5, 0.6) is 11.5 Å². The van der Waals surface area contributed by atoms with Crippen LogP contribution in [0.2, 0.25) is 5.02 Å². The lowest BCUT2D eigenvalue weighted by atomic mass is 9.95. The van der Waals surface area contributed by atoms with Gasteiger partial charge >= 0.3 is 0 Å². The van der Waals surface area contributed by atoms with Crippen LogP contribution < -0.4 is 15.0 Å². The molecule has 4 aromatic rings. The normalized spacial score (nSPS) is 11.9. The predicted octanol–water partition coefficient (Wildman–Crippen LogP) is 7.57. The van der Waals surface area contributed by atoms with Gasteiger partial charge in [0, 0.05) is 14.9 Å². The molecule has 9 heteroatoms. The van der Waals surface area contributed by atoms with Crippen LogP contribution in [0.1, 0.15) is 44.6 Å². The molecule has 0 aliphatic heterocycles. The number of benzene rings is 3. The van der Waals surface area contributed by atoms with Crippen molar-refractivity contribution < 1.29 is 9.47 Å². The van der Waals surface area contributed by atoms with Crippen LogP contribution in [0, 0.1) is 3.57 Å². The fraction of sp³-hybridized carbons (Fsp3) is 0.250. The van der Waals surface area contributed by atoms with E-state index in [1.54, 1.807) is 12.3 Å². The Bertz CT molecular complexity index is 1530. The Kier molecular flexibility index (Phi) is 8.60. The van der Waals surface area contributed by atoms with Crippen molar-refractivity contribution in [2.24, 2.45) is 5.10 Å². The number of aromatic nitrogens is 2. The maximum absolute atomic E-state index is 13.4. The molecule has 0 saturated heterocycles. The highest BCUT2D eigenvalue weighted by Gasteiger charge is 2.23. The zero-order valence-electron chi connectivity index (χ0n) is 20.9. The van der Waals surface area contributed by atoms with E-state index in [4.69, 9.17) is 26.1 Å². The summed E-state index contributed by atoms with van der Waals surface area (Å²) in [7, 11) is 0. The van der Waals surface area contributed by atoms with Gasteiger partial charge in [0.25, 0.3) is 5.56 Å². The van der Waals surface area contributed by atoms with Crippen LogP contribution in [0.25, 0.3) is 10.9 Å². The van der Waals surface area contributed by atoms with Gasteiger partial charge in [0.05, 0.1) is 27.3 Å². The molecule has 1 heterocycles. The maximum atomic E-state index is 13.4. The summed E-state index contributed by atoms with van der Waals surface area (Å²) in [5.74, 6) is 1.83. The Labute approximate surface area is 242 Å². The van der Waals surface area contributed by atoms with E-state index in [1.807, 2.05) is 76.2 Å². The first kappa shape index (κ1) is 27.6. The number of nitrogens with zero attached hydrogens (tertiary/aromatic N) is 3.